The number of anilines is 1. The fourth-order valence-corrected chi connectivity index (χ4v) is 3.07. The predicted octanol–water partition coefficient (Wildman–Crippen LogP) is 2.94. The van der Waals surface area contributed by atoms with Gasteiger partial charge in [0.1, 0.15) is 4.47 Å². The van der Waals surface area contributed by atoms with E-state index in [1.54, 1.807) is 12.3 Å². The average molecular weight is 346 g/mol. The standard InChI is InChI=1S/C16H16BrN3O/c1-2-7-20-16(21)15(17)14(10-19-20)18-9-12-8-11-5-3-4-6-13(11)12/h2-6,10,12,18H,1,7-9H2. The summed E-state index contributed by atoms with van der Waals surface area (Å²) in [6.07, 6.45) is 4.42. The Kier molecular flexibility index (Phi) is 3.92. The first kappa shape index (κ1) is 14.1. The molecule has 0 amide bonds. The zero-order valence-corrected chi connectivity index (χ0v) is 13.1. The normalized spacial score (nSPS) is 16.0. The summed E-state index contributed by atoms with van der Waals surface area (Å²) in [7, 11) is 0. The second-order valence-corrected chi connectivity index (χ2v) is 5.92. The molecule has 0 spiro atoms. The predicted molar refractivity (Wildman–Crippen MR) is 87.8 cm³/mol. The fourth-order valence-electron chi connectivity index (χ4n) is 2.62. The molecule has 108 valence electrons. The molecule has 5 heteroatoms. The van der Waals surface area contributed by atoms with Crippen molar-refractivity contribution in [2.45, 2.75) is 18.9 Å². The van der Waals surface area contributed by atoms with Gasteiger partial charge in [-0.3, -0.25) is 4.79 Å². The van der Waals surface area contributed by atoms with Gasteiger partial charge >= 0.3 is 0 Å². The maximum absolute atomic E-state index is 12.1. The van der Waals surface area contributed by atoms with Crippen molar-refractivity contribution in [3.63, 3.8) is 0 Å². The number of benzene rings is 1. The second kappa shape index (κ2) is 5.85. The monoisotopic (exact) mass is 345 g/mol. The molecule has 0 aliphatic heterocycles. The lowest BCUT2D eigenvalue weighted by Gasteiger charge is -2.30. The highest BCUT2D eigenvalue weighted by atomic mass is 79.9. The quantitative estimate of drug-likeness (QED) is 0.847. The minimum absolute atomic E-state index is 0.145. The Morgan fingerprint density at radius 1 is 1.48 bits per heavy atom. The van der Waals surface area contributed by atoms with Crippen LogP contribution in [0.25, 0.3) is 0 Å². The van der Waals surface area contributed by atoms with E-state index in [1.807, 2.05) is 0 Å². The van der Waals surface area contributed by atoms with Crippen molar-refractivity contribution < 1.29 is 0 Å². The van der Waals surface area contributed by atoms with Gasteiger partial charge in [-0.25, -0.2) is 4.68 Å². The molecule has 4 nitrogen and oxygen atoms in total. The molecule has 1 aliphatic carbocycles. The van der Waals surface area contributed by atoms with Crippen molar-refractivity contribution in [1.82, 2.24) is 9.78 Å². The maximum Gasteiger partial charge on any atom is 0.283 e. The molecule has 0 saturated carbocycles. The number of rotatable bonds is 5. The van der Waals surface area contributed by atoms with E-state index in [1.165, 1.54) is 15.8 Å². The van der Waals surface area contributed by atoms with Gasteiger partial charge in [-0.15, -0.1) is 6.58 Å². The molecule has 21 heavy (non-hydrogen) atoms. The lowest BCUT2D eigenvalue weighted by molar-refractivity contribution is 0.629. The van der Waals surface area contributed by atoms with E-state index in [0.717, 1.165) is 18.7 Å². The Morgan fingerprint density at radius 3 is 3.05 bits per heavy atom. The van der Waals surface area contributed by atoms with Crippen LogP contribution in [0.3, 0.4) is 0 Å². The zero-order chi connectivity index (χ0) is 14.8. The molecule has 1 aromatic carbocycles. The molecule has 0 saturated heterocycles. The molecule has 2 aromatic rings. The topological polar surface area (TPSA) is 46.9 Å². The number of nitrogens with zero attached hydrogens (tertiary/aromatic N) is 2. The SMILES string of the molecule is C=CCn1ncc(NCC2Cc3ccccc32)c(Br)c1=O. The van der Waals surface area contributed by atoms with Crippen molar-refractivity contribution >= 4 is 21.6 Å². The van der Waals surface area contributed by atoms with E-state index in [-0.39, 0.29) is 5.56 Å². The van der Waals surface area contributed by atoms with Gasteiger partial charge < -0.3 is 5.32 Å². The first-order chi connectivity index (χ1) is 10.2. The molecule has 0 fully saturated rings. The molecule has 1 unspecified atom stereocenters. The van der Waals surface area contributed by atoms with E-state index in [4.69, 9.17) is 0 Å². The van der Waals surface area contributed by atoms with Gasteiger partial charge in [0.05, 0.1) is 18.4 Å². The van der Waals surface area contributed by atoms with Crippen LogP contribution in [-0.2, 0) is 13.0 Å². The Labute approximate surface area is 131 Å². The van der Waals surface area contributed by atoms with Crippen LogP contribution >= 0.6 is 15.9 Å². The third-order valence-electron chi connectivity index (χ3n) is 3.79. The molecule has 1 aromatic heterocycles. The Bertz CT molecular complexity index is 739. The van der Waals surface area contributed by atoms with Crippen LogP contribution in [0.15, 0.2) is 52.4 Å². The van der Waals surface area contributed by atoms with Crippen molar-refractivity contribution in [2.75, 3.05) is 11.9 Å². The minimum Gasteiger partial charge on any atom is -0.382 e. The maximum atomic E-state index is 12.1. The van der Waals surface area contributed by atoms with E-state index in [9.17, 15) is 4.79 Å². The summed E-state index contributed by atoms with van der Waals surface area (Å²) in [5, 5.41) is 7.45. The zero-order valence-electron chi connectivity index (χ0n) is 11.6. The summed E-state index contributed by atoms with van der Waals surface area (Å²) in [5.41, 5.74) is 3.41. The van der Waals surface area contributed by atoms with Gasteiger partial charge in [0.2, 0.25) is 0 Å². The number of nitrogens with one attached hydrogen (secondary N) is 1. The first-order valence-corrected chi connectivity index (χ1v) is 7.68. The summed E-state index contributed by atoms with van der Waals surface area (Å²) < 4.78 is 1.90. The summed E-state index contributed by atoms with van der Waals surface area (Å²) in [6.45, 7) is 4.84. The second-order valence-electron chi connectivity index (χ2n) is 5.13. The van der Waals surface area contributed by atoms with E-state index in [2.05, 4.69) is 57.2 Å². The molecule has 0 bridgehead atoms. The number of allylic oxidation sites excluding steroid dienone is 1. The summed E-state index contributed by atoms with van der Waals surface area (Å²) >= 11 is 3.35. The highest BCUT2D eigenvalue weighted by Gasteiger charge is 2.25. The summed E-state index contributed by atoms with van der Waals surface area (Å²) in [5.74, 6) is 0.503. The summed E-state index contributed by atoms with van der Waals surface area (Å²) in [6, 6.07) is 8.47. The number of aromatic nitrogens is 2. The van der Waals surface area contributed by atoms with E-state index >= 15 is 0 Å². The van der Waals surface area contributed by atoms with Gasteiger partial charge in [-0.1, -0.05) is 30.3 Å². The summed E-state index contributed by atoms with van der Waals surface area (Å²) in [4.78, 5) is 12.1. The van der Waals surface area contributed by atoms with Gasteiger partial charge in [0.25, 0.3) is 5.56 Å². The van der Waals surface area contributed by atoms with Gasteiger partial charge in [0.15, 0.2) is 0 Å². The molecule has 0 radical (unpaired) electrons. The minimum atomic E-state index is -0.145. The van der Waals surface area contributed by atoms with Crippen LogP contribution < -0.4 is 10.9 Å². The largest absolute Gasteiger partial charge is 0.382 e. The third kappa shape index (κ3) is 2.65. The number of hydrogen-bond acceptors (Lipinski definition) is 3. The van der Waals surface area contributed by atoms with E-state index < -0.39 is 0 Å². The van der Waals surface area contributed by atoms with Crippen LogP contribution in [0.5, 0.6) is 0 Å². The highest BCUT2D eigenvalue weighted by Crippen LogP contribution is 2.35. The molecular formula is C16H16BrN3O. The Hall–Kier alpha value is -1.88. The lowest BCUT2D eigenvalue weighted by atomic mass is 9.77. The molecule has 1 atom stereocenters. The molecule has 3 rings (SSSR count). The van der Waals surface area contributed by atoms with Crippen molar-refractivity contribution in [3.05, 3.63) is 69.1 Å². The highest BCUT2D eigenvalue weighted by molar-refractivity contribution is 9.10. The first-order valence-electron chi connectivity index (χ1n) is 6.89. The van der Waals surface area contributed by atoms with E-state index in [0.29, 0.717) is 16.9 Å². The van der Waals surface area contributed by atoms with Crippen LogP contribution in [-0.4, -0.2) is 16.3 Å². The van der Waals surface area contributed by atoms with Crippen molar-refractivity contribution in [3.8, 4) is 0 Å². The molecule has 1 aliphatic rings. The van der Waals surface area contributed by atoms with Crippen LogP contribution in [0.2, 0.25) is 0 Å². The number of fused-ring (bicyclic) bond motifs is 1. The number of hydrogen-bond donors (Lipinski definition) is 1. The van der Waals surface area contributed by atoms with Crippen LogP contribution in [0.1, 0.15) is 17.0 Å². The van der Waals surface area contributed by atoms with Crippen LogP contribution in [0, 0.1) is 0 Å². The average Bonchev–Trinajstić information content (AvgIpc) is 2.47. The third-order valence-corrected chi connectivity index (χ3v) is 4.55. The fraction of sp³-hybridized carbons (Fsp3) is 0.250. The lowest BCUT2D eigenvalue weighted by Crippen LogP contribution is -2.27. The smallest absolute Gasteiger partial charge is 0.283 e. The number of halogens is 1. The van der Waals surface area contributed by atoms with Crippen LogP contribution in [0.4, 0.5) is 5.69 Å². The van der Waals surface area contributed by atoms with Gasteiger partial charge in [-0.2, -0.15) is 5.10 Å². The molecular weight excluding hydrogens is 330 g/mol. The molecule has 1 N–H and O–H groups in total. The Balaban J connectivity index is 1.71. The van der Waals surface area contributed by atoms with Gasteiger partial charge in [0, 0.05) is 12.5 Å². The van der Waals surface area contributed by atoms with Crippen molar-refractivity contribution in [1.29, 1.82) is 0 Å². The Morgan fingerprint density at radius 2 is 2.29 bits per heavy atom. The van der Waals surface area contributed by atoms with Crippen molar-refractivity contribution in [2.24, 2.45) is 0 Å². The van der Waals surface area contributed by atoms with Gasteiger partial charge in [-0.05, 0) is 33.5 Å². The molecule has 1 heterocycles.